The number of unbranched alkanes of at least 4 members (excludes halogenated alkanes) is 3. The van der Waals surface area contributed by atoms with Crippen molar-refractivity contribution in [3.05, 3.63) is 24.3 Å². The summed E-state index contributed by atoms with van der Waals surface area (Å²) >= 11 is 0. The minimum atomic E-state index is -0.287. The van der Waals surface area contributed by atoms with Crippen LogP contribution in [0.5, 0.6) is 11.5 Å². The second kappa shape index (κ2) is 13.0. The maximum absolute atomic E-state index is 12.6. The second-order valence-corrected chi connectivity index (χ2v) is 5.94. The fourth-order valence-electron chi connectivity index (χ4n) is 2.52. The molecule has 146 valence electrons. The first-order valence-corrected chi connectivity index (χ1v) is 9.31. The minimum absolute atomic E-state index is 0.0863. The third-order valence-corrected chi connectivity index (χ3v) is 3.95. The van der Waals surface area contributed by atoms with Crippen molar-refractivity contribution in [3.63, 3.8) is 0 Å². The van der Waals surface area contributed by atoms with Gasteiger partial charge < -0.3 is 19.1 Å². The highest BCUT2D eigenvalue weighted by Gasteiger charge is 2.16. The van der Waals surface area contributed by atoms with E-state index < -0.39 is 0 Å². The molecule has 0 N–H and O–H groups in total. The predicted molar refractivity (Wildman–Crippen MR) is 100 cm³/mol. The molecule has 0 saturated heterocycles. The molecule has 0 aromatic heterocycles. The molecule has 0 unspecified atom stereocenters. The second-order valence-electron chi connectivity index (χ2n) is 5.94. The Kier molecular flexibility index (Phi) is 10.9. The first-order chi connectivity index (χ1) is 12.6. The summed E-state index contributed by atoms with van der Waals surface area (Å²) in [5, 5.41) is 0. The van der Waals surface area contributed by atoms with Crippen LogP contribution < -0.4 is 9.47 Å². The van der Waals surface area contributed by atoms with Crippen LogP contribution in [0.3, 0.4) is 0 Å². The van der Waals surface area contributed by atoms with Gasteiger partial charge in [0, 0.05) is 13.1 Å². The van der Waals surface area contributed by atoms with Gasteiger partial charge in [0.2, 0.25) is 0 Å². The Bertz CT molecular complexity index is 547. The molecule has 0 aliphatic rings. The van der Waals surface area contributed by atoms with Crippen molar-refractivity contribution >= 4 is 11.9 Å². The number of rotatable bonds is 13. The number of esters is 1. The molecule has 0 aliphatic carbocycles. The van der Waals surface area contributed by atoms with Crippen LogP contribution in [0.2, 0.25) is 0 Å². The molecule has 0 fully saturated rings. The predicted octanol–water partition coefficient (Wildman–Crippen LogP) is 3.44. The van der Waals surface area contributed by atoms with Gasteiger partial charge in [0.1, 0.15) is 0 Å². The topological polar surface area (TPSA) is 65.1 Å². The van der Waals surface area contributed by atoms with Crippen LogP contribution in [0.1, 0.15) is 46.0 Å². The zero-order valence-electron chi connectivity index (χ0n) is 16.2. The average Bonchev–Trinajstić information content (AvgIpc) is 2.66. The molecule has 26 heavy (non-hydrogen) atoms. The van der Waals surface area contributed by atoms with E-state index >= 15 is 0 Å². The van der Waals surface area contributed by atoms with E-state index in [0.29, 0.717) is 31.2 Å². The third kappa shape index (κ3) is 8.23. The van der Waals surface area contributed by atoms with Gasteiger partial charge >= 0.3 is 5.97 Å². The van der Waals surface area contributed by atoms with Crippen molar-refractivity contribution in [1.82, 2.24) is 4.90 Å². The maximum atomic E-state index is 12.6. The number of hydrogen-bond donors (Lipinski definition) is 0. The monoisotopic (exact) mass is 365 g/mol. The van der Waals surface area contributed by atoms with Crippen LogP contribution >= 0.6 is 0 Å². The summed E-state index contributed by atoms with van der Waals surface area (Å²) < 4.78 is 15.8. The summed E-state index contributed by atoms with van der Waals surface area (Å²) in [6, 6.07) is 7.21. The molecule has 6 heteroatoms. The molecule has 0 aliphatic heterocycles. The molecule has 1 amide bonds. The summed E-state index contributed by atoms with van der Waals surface area (Å²) in [5.74, 6) is 0.683. The lowest BCUT2D eigenvalue weighted by atomic mass is 10.2. The molecule has 1 aromatic rings. The van der Waals surface area contributed by atoms with Gasteiger partial charge in [-0.2, -0.15) is 0 Å². The van der Waals surface area contributed by atoms with Gasteiger partial charge in [-0.3, -0.25) is 9.59 Å². The first kappa shape index (κ1) is 21.8. The molecule has 0 saturated carbocycles. The van der Waals surface area contributed by atoms with E-state index in [1.165, 1.54) is 0 Å². The van der Waals surface area contributed by atoms with Crippen LogP contribution in [0.15, 0.2) is 24.3 Å². The number of hydrogen-bond acceptors (Lipinski definition) is 5. The van der Waals surface area contributed by atoms with Crippen molar-refractivity contribution in [1.29, 1.82) is 0 Å². The van der Waals surface area contributed by atoms with Crippen LogP contribution in [-0.4, -0.2) is 50.2 Å². The highest BCUT2D eigenvalue weighted by atomic mass is 16.5. The Morgan fingerprint density at radius 1 is 1.00 bits per heavy atom. The smallest absolute Gasteiger partial charge is 0.307 e. The average molecular weight is 365 g/mol. The van der Waals surface area contributed by atoms with E-state index in [1.807, 2.05) is 12.1 Å². The molecule has 1 aromatic carbocycles. The van der Waals surface area contributed by atoms with Crippen molar-refractivity contribution < 1.29 is 23.8 Å². The fourth-order valence-corrected chi connectivity index (χ4v) is 2.52. The SMILES string of the molecule is CCCCCCN(CCC(=O)OCC)C(=O)COc1ccccc1OC. The van der Waals surface area contributed by atoms with Crippen LogP contribution in [0.25, 0.3) is 0 Å². The largest absolute Gasteiger partial charge is 0.493 e. The van der Waals surface area contributed by atoms with Crippen LogP contribution in [-0.2, 0) is 14.3 Å². The summed E-state index contributed by atoms with van der Waals surface area (Å²) in [6.07, 6.45) is 4.44. The Balaban J connectivity index is 2.58. The maximum Gasteiger partial charge on any atom is 0.307 e. The third-order valence-electron chi connectivity index (χ3n) is 3.95. The number of para-hydroxylation sites is 2. The van der Waals surface area contributed by atoms with Gasteiger partial charge in [0.05, 0.1) is 20.1 Å². The summed E-state index contributed by atoms with van der Waals surface area (Å²) in [6.45, 7) is 5.14. The van der Waals surface area contributed by atoms with Gasteiger partial charge in [-0.1, -0.05) is 38.3 Å². The number of carbonyl (C=O) groups is 2. The summed E-state index contributed by atoms with van der Waals surface area (Å²) in [4.78, 5) is 25.8. The van der Waals surface area contributed by atoms with E-state index in [-0.39, 0.29) is 24.9 Å². The number of amides is 1. The lowest BCUT2D eigenvalue weighted by Crippen LogP contribution is -2.37. The van der Waals surface area contributed by atoms with Crippen molar-refractivity contribution in [2.75, 3.05) is 33.4 Å². The Morgan fingerprint density at radius 3 is 2.38 bits per heavy atom. The summed E-state index contributed by atoms with van der Waals surface area (Å²) in [7, 11) is 1.56. The Hall–Kier alpha value is -2.24. The van der Waals surface area contributed by atoms with E-state index in [9.17, 15) is 9.59 Å². The van der Waals surface area contributed by atoms with Gasteiger partial charge in [0.15, 0.2) is 18.1 Å². The molecule has 0 spiro atoms. The number of methoxy groups -OCH3 is 1. The number of ether oxygens (including phenoxy) is 3. The lowest BCUT2D eigenvalue weighted by Gasteiger charge is -2.22. The van der Waals surface area contributed by atoms with Crippen molar-refractivity contribution in [2.45, 2.75) is 46.0 Å². The van der Waals surface area contributed by atoms with Crippen molar-refractivity contribution in [2.24, 2.45) is 0 Å². The number of carbonyl (C=O) groups excluding carboxylic acids is 2. The van der Waals surface area contributed by atoms with E-state index in [0.717, 1.165) is 25.7 Å². The quantitative estimate of drug-likeness (QED) is 0.396. The van der Waals surface area contributed by atoms with Gasteiger partial charge in [-0.05, 0) is 25.5 Å². The van der Waals surface area contributed by atoms with E-state index in [4.69, 9.17) is 14.2 Å². The highest BCUT2D eigenvalue weighted by Crippen LogP contribution is 2.25. The number of nitrogens with zero attached hydrogens (tertiary/aromatic N) is 1. The summed E-state index contributed by atoms with van der Waals surface area (Å²) in [5.41, 5.74) is 0. The van der Waals surface area contributed by atoms with Gasteiger partial charge in [0.25, 0.3) is 5.91 Å². The van der Waals surface area contributed by atoms with Crippen molar-refractivity contribution in [3.8, 4) is 11.5 Å². The molecule has 0 heterocycles. The standard InChI is InChI=1S/C20H31NO5/c1-4-6-7-10-14-21(15-13-20(23)25-5-2)19(22)16-26-18-12-9-8-11-17(18)24-3/h8-9,11-12H,4-7,10,13-16H2,1-3H3. The number of benzene rings is 1. The molecular formula is C20H31NO5. The van der Waals surface area contributed by atoms with E-state index in [1.54, 1.807) is 31.1 Å². The molecule has 0 atom stereocenters. The minimum Gasteiger partial charge on any atom is -0.493 e. The zero-order chi connectivity index (χ0) is 19.2. The molecule has 1 rings (SSSR count). The van der Waals surface area contributed by atoms with Crippen LogP contribution in [0, 0.1) is 0 Å². The van der Waals surface area contributed by atoms with Crippen LogP contribution in [0.4, 0.5) is 0 Å². The van der Waals surface area contributed by atoms with Gasteiger partial charge in [-0.25, -0.2) is 0 Å². The van der Waals surface area contributed by atoms with E-state index in [2.05, 4.69) is 6.92 Å². The first-order valence-electron chi connectivity index (χ1n) is 9.31. The highest BCUT2D eigenvalue weighted by molar-refractivity contribution is 5.78. The molecule has 6 nitrogen and oxygen atoms in total. The molecule has 0 radical (unpaired) electrons. The normalized spacial score (nSPS) is 10.3. The lowest BCUT2D eigenvalue weighted by molar-refractivity contribution is -0.144. The zero-order valence-corrected chi connectivity index (χ0v) is 16.2. The molecule has 0 bridgehead atoms. The Labute approximate surface area is 156 Å². The van der Waals surface area contributed by atoms with Gasteiger partial charge in [-0.15, -0.1) is 0 Å². The fraction of sp³-hybridized carbons (Fsp3) is 0.600. The molecular weight excluding hydrogens is 334 g/mol. The Morgan fingerprint density at radius 2 is 1.73 bits per heavy atom.